The second kappa shape index (κ2) is 6.94. The number of hydrogen-bond donors (Lipinski definition) is 1. The molecule has 8 fully saturated rings. The molecule has 8 rings (SSSR count). The van der Waals surface area contributed by atoms with E-state index in [9.17, 15) is 9.90 Å². The SMILES string of the molecule is CC(=O)OC1CC2(C)C(CCC3C2C2CC45C(O2)OC2(C)C4C(CC35)OC23CC(C)C(C)(C)O3)CC1O. The summed E-state index contributed by atoms with van der Waals surface area (Å²) in [7, 11) is 0. The van der Waals surface area contributed by atoms with Crippen LogP contribution in [-0.4, -0.2) is 58.8 Å². The molecule has 0 radical (unpaired) electrons. The Labute approximate surface area is 220 Å². The second-order valence-corrected chi connectivity index (χ2v) is 15.2. The van der Waals surface area contributed by atoms with E-state index < -0.39 is 23.6 Å². The molecule has 7 nitrogen and oxygen atoms in total. The number of hydrogen-bond acceptors (Lipinski definition) is 7. The molecule has 1 N–H and O–H groups in total. The molecule has 15 unspecified atom stereocenters. The average Bonchev–Trinajstić information content (AvgIpc) is 3.47. The molecule has 15 atom stereocenters. The van der Waals surface area contributed by atoms with Crippen molar-refractivity contribution in [2.75, 3.05) is 0 Å². The molecule has 8 aliphatic rings. The molecule has 0 aromatic carbocycles. The number of carbonyl (C=O) groups is 1. The van der Waals surface area contributed by atoms with Crippen LogP contribution in [-0.2, 0) is 28.5 Å². The Kier molecular flexibility index (Phi) is 4.52. The van der Waals surface area contributed by atoms with E-state index in [0.29, 0.717) is 41.9 Å². The number of esters is 1. The van der Waals surface area contributed by atoms with E-state index in [-0.39, 0.29) is 40.9 Å². The maximum atomic E-state index is 11.8. The normalized spacial score (nSPS) is 63.9. The minimum Gasteiger partial charge on any atom is -0.460 e. The first-order valence-electron chi connectivity index (χ1n) is 14.9. The van der Waals surface area contributed by atoms with Crippen molar-refractivity contribution < 1.29 is 33.6 Å². The number of ether oxygens (including phenoxy) is 5. The third-order valence-corrected chi connectivity index (χ3v) is 13.5. The van der Waals surface area contributed by atoms with E-state index in [1.165, 1.54) is 13.3 Å². The highest BCUT2D eigenvalue weighted by molar-refractivity contribution is 5.66. The highest BCUT2D eigenvalue weighted by Crippen LogP contribution is 2.80. The predicted octanol–water partition coefficient (Wildman–Crippen LogP) is 4.19. The first-order valence-corrected chi connectivity index (χ1v) is 14.9. The summed E-state index contributed by atoms with van der Waals surface area (Å²) in [6.07, 6.45) is 5.78. The lowest BCUT2D eigenvalue weighted by atomic mass is 9.44. The van der Waals surface area contributed by atoms with Crippen LogP contribution in [0.25, 0.3) is 0 Å². The van der Waals surface area contributed by atoms with Gasteiger partial charge < -0.3 is 28.8 Å². The first kappa shape index (κ1) is 24.1. The van der Waals surface area contributed by atoms with Crippen molar-refractivity contribution in [3.8, 4) is 0 Å². The highest BCUT2D eigenvalue weighted by Gasteiger charge is 2.87. The van der Waals surface area contributed by atoms with Crippen molar-refractivity contribution in [1.82, 2.24) is 0 Å². The Hall–Kier alpha value is -0.730. The minimum absolute atomic E-state index is 0.000738. The van der Waals surface area contributed by atoms with E-state index in [1.54, 1.807) is 0 Å². The van der Waals surface area contributed by atoms with Gasteiger partial charge in [-0.3, -0.25) is 4.79 Å². The van der Waals surface area contributed by atoms with Crippen molar-refractivity contribution >= 4 is 5.97 Å². The summed E-state index contributed by atoms with van der Waals surface area (Å²) in [5.41, 5.74) is -0.754. The average molecular weight is 517 g/mol. The Morgan fingerprint density at radius 3 is 2.49 bits per heavy atom. The number of fused-ring (bicyclic) bond motifs is 7. The quantitative estimate of drug-likeness (QED) is 0.523. The first-order chi connectivity index (χ1) is 17.3. The molecular weight excluding hydrogens is 472 g/mol. The summed E-state index contributed by atoms with van der Waals surface area (Å²) in [4.78, 5) is 11.8. The summed E-state index contributed by atoms with van der Waals surface area (Å²) in [6, 6.07) is 0. The predicted molar refractivity (Wildman–Crippen MR) is 132 cm³/mol. The topological polar surface area (TPSA) is 83.5 Å². The van der Waals surface area contributed by atoms with Gasteiger partial charge in [0.25, 0.3) is 0 Å². The Morgan fingerprint density at radius 1 is 1.00 bits per heavy atom. The van der Waals surface area contributed by atoms with E-state index in [4.69, 9.17) is 23.7 Å². The van der Waals surface area contributed by atoms with Gasteiger partial charge in [-0.15, -0.1) is 0 Å². The van der Waals surface area contributed by atoms with Gasteiger partial charge in [0.2, 0.25) is 0 Å². The zero-order valence-corrected chi connectivity index (χ0v) is 23.2. The molecule has 206 valence electrons. The molecule has 2 spiro atoms. The van der Waals surface area contributed by atoms with Crippen LogP contribution in [0.15, 0.2) is 0 Å². The standard InChI is InChI=1S/C30H44O7/c1-14-11-30(37-26(14,3)4)28(6)24-20(35-30)10-18-17-8-7-16-9-19(32)21(33-15(2)31)12-27(16,5)23(17)22-13-29(18,24)25(34-22)36-28/h14,16-25,32H,7-13H2,1-6H3. The van der Waals surface area contributed by atoms with Crippen molar-refractivity contribution in [2.24, 2.45) is 46.3 Å². The Morgan fingerprint density at radius 2 is 1.78 bits per heavy atom. The van der Waals surface area contributed by atoms with Crippen molar-refractivity contribution in [2.45, 2.75) is 134 Å². The van der Waals surface area contributed by atoms with Gasteiger partial charge in [0.1, 0.15) is 11.7 Å². The zero-order valence-electron chi connectivity index (χ0n) is 23.2. The minimum atomic E-state index is -0.689. The third-order valence-electron chi connectivity index (χ3n) is 13.5. The smallest absolute Gasteiger partial charge is 0.302 e. The largest absolute Gasteiger partial charge is 0.460 e. The lowest BCUT2D eigenvalue weighted by molar-refractivity contribution is -0.319. The summed E-state index contributed by atoms with van der Waals surface area (Å²) in [6.45, 7) is 12.7. The molecule has 4 heterocycles. The molecule has 4 aliphatic heterocycles. The Bertz CT molecular complexity index is 1040. The van der Waals surface area contributed by atoms with Crippen LogP contribution in [0.1, 0.15) is 86.5 Å². The van der Waals surface area contributed by atoms with Gasteiger partial charge in [-0.2, -0.15) is 0 Å². The highest BCUT2D eigenvalue weighted by atomic mass is 16.8. The lowest BCUT2D eigenvalue weighted by Gasteiger charge is -2.61. The van der Waals surface area contributed by atoms with Gasteiger partial charge in [0.15, 0.2) is 12.1 Å². The van der Waals surface area contributed by atoms with Crippen molar-refractivity contribution in [3.05, 3.63) is 0 Å². The van der Waals surface area contributed by atoms with Crippen molar-refractivity contribution in [3.63, 3.8) is 0 Å². The van der Waals surface area contributed by atoms with E-state index >= 15 is 0 Å². The maximum absolute atomic E-state index is 11.8. The summed E-state index contributed by atoms with van der Waals surface area (Å²) in [5.74, 6) is 1.58. The van der Waals surface area contributed by atoms with Gasteiger partial charge in [-0.1, -0.05) is 13.8 Å². The molecule has 4 aliphatic carbocycles. The van der Waals surface area contributed by atoms with E-state index in [1.807, 2.05) is 0 Å². The fourth-order valence-corrected chi connectivity index (χ4v) is 11.9. The van der Waals surface area contributed by atoms with Crippen LogP contribution >= 0.6 is 0 Å². The number of aliphatic hydroxyl groups is 1. The Balaban J connectivity index is 1.15. The molecule has 4 saturated heterocycles. The van der Waals surface area contributed by atoms with Crippen LogP contribution < -0.4 is 0 Å². The second-order valence-electron chi connectivity index (χ2n) is 15.2. The number of aliphatic hydroxyl groups excluding tert-OH is 1. The summed E-state index contributed by atoms with van der Waals surface area (Å²) < 4.78 is 33.5. The van der Waals surface area contributed by atoms with Gasteiger partial charge in [-0.25, -0.2) is 0 Å². The zero-order chi connectivity index (χ0) is 25.9. The molecule has 2 bridgehead atoms. The fourth-order valence-electron chi connectivity index (χ4n) is 11.9. The van der Waals surface area contributed by atoms with Crippen LogP contribution in [0.5, 0.6) is 0 Å². The maximum Gasteiger partial charge on any atom is 0.302 e. The third kappa shape index (κ3) is 2.61. The molecule has 4 saturated carbocycles. The van der Waals surface area contributed by atoms with Crippen LogP contribution in [0, 0.1) is 46.3 Å². The molecular formula is C30H44O7. The summed E-state index contributed by atoms with van der Waals surface area (Å²) in [5, 5.41) is 10.8. The van der Waals surface area contributed by atoms with Crippen LogP contribution in [0.2, 0.25) is 0 Å². The monoisotopic (exact) mass is 516 g/mol. The number of rotatable bonds is 1. The van der Waals surface area contributed by atoms with Gasteiger partial charge in [0, 0.05) is 24.7 Å². The van der Waals surface area contributed by atoms with E-state index in [0.717, 1.165) is 32.1 Å². The van der Waals surface area contributed by atoms with Crippen LogP contribution in [0.4, 0.5) is 0 Å². The number of carbonyl (C=O) groups excluding carboxylic acids is 1. The van der Waals surface area contributed by atoms with Gasteiger partial charge >= 0.3 is 5.97 Å². The molecule has 7 heteroatoms. The van der Waals surface area contributed by atoms with Crippen molar-refractivity contribution in [1.29, 1.82) is 0 Å². The van der Waals surface area contributed by atoms with E-state index in [2.05, 4.69) is 34.6 Å². The molecule has 0 aromatic heterocycles. The lowest BCUT2D eigenvalue weighted by Crippen LogP contribution is -2.60. The summed E-state index contributed by atoms with van der Waals surface area (Å²) >= 11 is 0. The molecule has 37 heavy (non-hydrogen) atoms. The molecule has 0 aromatic rings. The van der Waals surface area contributed by atoms with Crippen LogP contribution in [0.3, 0.4) is 0 Å². The van der Waals surface area contributed by atoms with Gasteiger partial charge in [-0.05, 0) is 94.3 Å². The fraction of sp³-hybridized carbons (Fsp3) is 0.967. The van der Waals surface area contributed by atoms with Gasteiger partial charge in [0.05, 0.1) is 23.9 Å². The molecule has 0 amide bonds.